The van der Waals surface area contributed by atoms with E-state index in [1.807, 2.05) is 12.1 Å². The monoisotopic (exact) mass is 314 g/mol. The van der Waals surface area contributed by atoms with E-state index in [2.05, 4.69) is 58.4 Å². The first kappa shape index (κ1) is 12.5. The van der Waals surface area contributed by atoms with Crippen LogP contribution >= 0.6 is 15.9 Å². The molecule has 1 nitrogen and oxygen atoms in total. The molecule has 19 heavy (non-hydrogen) atoms. The SMILES string of the molecule is Brc1cccc2ccc(OCC3=CCCC=C3)cc12. The number of rotatable bonds is 3. The largest absolute Gasteiger partial charge is 0.489 e. The zero-order valence-corrected chi connectivity index (χ0v) is 12.2. The molecule has 0 spiro atoms. The molecule has 0 heterocycles. The maximum Gasteiger partial charge on any atom is 0.120 e. The summed E-state index contributed by atoms with van der Waals surface area (Å²) in [5.41, 5.74) is 1.26. The first-order chi connectivity index (χ1) is 9.33. The predicted octanol–water partition coefficient (Wildman–Crippen LogP) is 5.26. The average molecular weight is 315 g/mol. The van der Waals surface area contributed by atoms with E-state index in [1.54, 1.807) is 0 Å². The molecular formula is C17H15BrO. The lowest BCUT2D eigenvalue weighted by Gasteiger charge is -2.10. The van der Waals surface area contributed by atoms with E-state index < -0.39 is 0 Å². The number of halogens is 1. The fourth-order valence-corrected chi connectivity index (χ4v) is 2.74. The Morgan fingerprint density at radius 1 is 1.11 bits per heavy atom. The van der Waals surface area contributed by atoms with Gasteiger partial charge in [0.2, 0.25) is 0 Å². The van der Waals surface area contributed by atoms with E-state index in [4.69, 9.17) is 4.74 Å². The molecule has 0 aromatic heterocycles. The van der Waals surface area contributed by atoms with Crippen molar-refractivity contribution < 1.29 is 4.74 Å². The van der Waals surface area contributed by atoms with Crippen LogP contribution in [-0.4, -0.2) is 6.61 Å². The second kappa shape index (κ2) is 5.62. The van der Waals surface area contributed by atoms with Gasteiger partial charge in [0.05, 0.1) is 0 Å². The maximum atomic E-state index is 5.87. The van der Waals surface area contributed by atoms with Crippen molar-refractivity contribution >= 4 is 26.7 Å². The number of fused-ring (bicyclic) bond motifs is 1. The zero-order valence-electron chi connectivity index (χ0n) is 10.6. The van der Waals surface area contributed by atoms with E-state index >= 15 is 0 Å². The fraction of sp³-hybridized carbons (Fsp3) is 0.176. The number of allylic oxidation sites excluding steroid dienone is 2. The van der Waals surface area contributed by atoms with Crippen molar-refractivity contribution in [2.24, 2.45) is 0 Å². The topological polar surface area (TPSA) is 9.23 Å². The fourth-order valence-electron chi connectivity index (χ4n) is 2.24. The average Bonchev–Trinajstić information content (AvgIpc) is 2.47. The highest BCUT2D eigenvalue weighted by atomic mass is 79.9. The highest BCUT2D eigenvalue weighted by molar-refractivity contribution is 9.10. The Labute approximate surface area is 121 Å². The summed E-state index contributed by atoms with van der Waals surface area (Å²) in [7, 11) is 0. The minimum Gasteiger partial charge on any atom is -0.489 e. The van der Waals surface area contributed by atoms with Crippen LogP contribution in [0.25, 0.3) is 10.8 Å². The smallest absolute Gasteiger partial charge is 0.120 e. The van der Waals surface area contributed by atoms with Crippen molar-refractivity contribution in [3.8, 4) is 5.75 Å². The van der Waals surface area contributed by atoms with Gasteiger partial charge >= 0.3 is 0 Å². The Morgan fingerprint density at radius 3 is 2.89 bits per heavy atom. The second-order valence-electron chi connectivity index (χ2n) is 4.67. The summed E-state index contributed by atoms with van der Waals surface area (Å²) in [5, 5.41) is 2.41. The molecular weight excluding hydrogens is 300 g/mol. The van der Waals surface area contributed by atoms with Gasteiger partial charge in [-0.2, -0.15) is 0 Å². The molecule has 1 aliphatic rings. The van der Waals surface area contributed by atoms with Crippen LogP contribution in [-0.2, 0) is 0 Å². The van der Waals surface area contributed by atoms with Crippen LogP contribution in [0.5, 0.6) is 5.75 Å². The van der Waals surface area contributed by atoms with Crippen molar-refractivity contribution in [3.05, 3.63) is 64.7 Å². The van der Waals surface area contributed by atoms with Crippen LogP contribution in [0, 0.1) is 0 Å². The standard InChI is InChI=1S/C17H15BrO/c18-17-8-4-7-14-9-10-15(11-16(14)17)19-12-13-5-2-1-3-6-13/h2,4-11H,1,3,12H2. The molecule has 2 aromatic rings. The molecule has 0 N–H and O–H groups in total. The molecule has 2 heteroatoms. The van der Waals surface area contributed by atoms with Crippen molar-refractivity contribution in [2.75, 3.05) is 6.61 Å². The lowest BCUT2D eigenvalue weighted by atomic mass is 10.1. The van der Waals surface area contributed by atoms with Gasteiger partial charge in [0.1, 0.15) is 12.4 Å². The van der Waals surface area contributed by atoms with Crippen LogP contribution in [0.2, 0.25) is 0 Å². The maximum absolute atomic E-state index is 5.87. The summed E-state index contributed by atoms with van der Waals surface area (Å²) in [6.45, 7) is 0.645. The van der Waals surface area contributed by atoms with Crippen molar-refractivity contribution in [2.45, 2.75) is 12.8 Å². The number of hydrogen-bond donors (Lipinski definition) is 0. The third-order valence-electron chi connectivity index (χ3n) is 3.28. The molecule has 0 radical (unpaired) electrons. The first-order valence-corrected chi connectivity index (χ1v) is 7.29. The summed E-state index contributed by atoms with van der Waals surface area (Å²) < 4.78 is 6.97. The van der Waals surface area contributed by atoms with E-state index in [9.17, 15) is 0 Å². The van der Waals surface area contributed by atoms with Gasteiger partial charge < -0.3 is 4.74 Å². The number of ether oxygens (including phenoxy) is 1. The minimum atomic E-state index is 0.645. The molecule has 1 aliphatic carbocycles. The van der Waals surface area contributed by atoms with Gasteiger partial charge in [-0.3, -0.25) is 0 Å². The Morgan fingerprint density at radius 2 is 2.05 bits per heavy atom. The molecule has 2 aromatic carbocycles. The minimum absolute atomic E-state index is 0.645. The molecule has 96 valence electrons. The summed E-state index contributed by atoms with van der Waals surface area (Å²) in [4.78, 5) is 0. The van der Waals surface area contributed by atoms with Crippen LogP contribution in [0.15, 0.2) is 64.7 Å². The zero-order chi connectivity index (χ0) is 13.1. The number of benzene rings is 2. The Bertz CT molecular complexity index is 655. The number of hydrogen-bond acceptors (Lipinski definition) is 1. The van der Waals surface area contributed by atoms with Crippen LogP contribution in [0.4, 0.5) is 0 Å². The molecule has 0 aliphatic heterocycles. The van der Waals surface area contributed by atoms with Crippen LogP contribution in [0.1, 0.15) is 12.8 Å². The quantitative estimate of drug-likeness (QED) is 0.751. The third-order valence-corrected chi connectivity index (χ3v) is 3.97. The van der Waals surface area contributed by atoms with Gasteiger partial charge in [-0.05, 0) is 47.4 Å². The molecule has 0 amide bonds. The van der Waals surface area contributed by atoms with Gasteiger partial charge in [-0.1, -0.05) is 52.4 Å². The van der Waals surface area contributed by atoms with Crippen molar-refractivity contribution in [1.82, 2.24) is 0 Å². The molecule has 0 fully saturated rings. The second-order valence-corrected chi connectivity index (χ2v) is 5.52. The lowest BCUT2D eigenvalue weighted by Crippen LogP contribution is -2.01. The van der Waals surface area contributed by atoms with Crippen LogP contribution < -0.4 is 4.74 Å². The predicted molar refractivity (Wildman–Crippen MR) is 83.6 cm³/mol. The molecule has 0 saturated heterocycles. The Hall–Kier alpha value is -1.54. The van der Waals surface area contributed by atoms with Gasteiger partial charge in [0.15, 0.2) is 0 Å². The van der Waals surface area contributed by atoms with Crippen LogP contribution in [0.3, 0.4) is 0 Å². The third kappa shape index (κ3) is 2.90. The highest BCUT2D eigenvalue weighted by Crippen LogP contribution is 2.27. The summed E-state index contributed by atoms with van der Waals surface area (Å²) in [5.74, 6) is 0.916. The van der Waals surface area contributed by atoms with Crippen molar-refractivity contribution in [1.29, 1.82) is 0 Å². The summed E-state index contributed by atoms with van der Waals surface area (Å²) in [6, 6.07) is 12.4. The Balaban J connectivity index is 1.80. The Kier molecular flexibility index (Phi) is 3.69. The van der Waals surface area contributed by atoms with Gasteiger partial charge in [-0.15, -0.1) is 0 Å². The molecule has 0 bridgehead atoms. The molecule has 0 atom stereocenters. The molecule has 0 unspecified atom stereocenters. The van der Waals surface area contributed by atoms with E-state index in [0.717, 1.165) is 23.1 Å². The molecule has 3 rings (SSSR count). The normalized spacial score (nSPS) is 14.5. The van der Waals surface area contributed by atoms with Crippen molar-refractivity contribution in [3.63, 3.8) is 0 Å². The van der Waals surface area contributed by atoms with E-state index in [-0.39, 0.29) is 0 Å². The highest BCUT2D eigenvalue weighted by Gasteiger charge is 2.02. The first-order valence-electron chi connectivity index (χ1n) is 6.49. The summed E-state index contributed by atoms with van der Waals surface area (Å²) >= 11 is 3.58. The van der Waals surface area contributed by atoms with Gasteiger partial charge in [-0.25, -0.2) is 0 Å². The van der Waals surface area contributed by atoms with Gasteiger partial charge in [0.25, 0.3) is 0 Å². The van der Waals surface area contributed by atoms with Gasteiger partial charge in [0, 0.05) is 4.47 Å². The molecule has 0 saturated carbocycles. The lowest BCUT2D eigenvalue weighted by molar-refractivity contribution is 0.355. The summed E-state index contributed by atoms with van der Waals surface area (Å²) in [6.07, 6.45) is 8.87. The van der Waals surface area contributed by atoms with E-state index in [0.29, 0.717) is 6.61 Å². The van der Waals surface area contributed by atoms with E-state index in [1.165, 1.54) is 16.3 Å².